The molecule has 1 saturated heterocycles. The number of hydrogen-bond acceptors (Lipinski definition) is 5. The van der Waals surface area contributed by atoms with Gasteiger partial charge in [0.05, 0.1) is 17.8 Å². The number of carbonyl (C=O) groups is 1. The second-order valence-electron chi connectivity index (χ2n) is 5.37. The van der Waals surface area contributed by atoms with Crippen LogP contribution in [0.25, 0.3) is 5.82 Å². The van der Waals surface area contributed by atoms with E-state index in [1.165, 1.54) is 4.68 Å². The minimum absolute atomic E-state index is 0.321. The van der Waals surface area contributed by atoms with Crippen LogP contribution >= 0.6 is 15.9 Å². The van der Waals surface area contributed by atoms with Crippen LogP contribution in [0.5, 0.6) is 0 Å². The minimum atomic E-state index is -0.805. The monoisotopic (exact) mass is 378 g/mol. The van der Waals surface area contributed by atoms with Gasteiger partial charge in [0.2, 0.25) is 0 Å². The molecule has 2 aromatic rings. The van der Waals surface area contributed by atoms with Gasteiger partial charge in [-0.3, -0.25) is 9.59 Å². The third-order valence-corrected chi connectivity index (χ3v) is 4.62. The van der Waals surface area contributed by atoms with E-state index in [1.54, 1.807) is 30.6 Å². The van der Waals surface area contributed by atoms with Crippen molar-refractivity contribution in [2.45, 2.75) is 12.8 Å². The summed E-state index contributed by atoms with van der Waals surface area (Å²) in [7, 11) is 0. The molecule has 1 aliphatic rings. The van der Waals surface area contributed by atoms with Crippen molar-refractivity contribution < 1.29 is 9.90 Å². The average molecular weight is 379 g/mol. The SMILES string of the molecule is O=C(O)C1CCCN(c2cnn(-c3ccccn3)c(=O)c2Br)C1. The fourth-order valence-electron chi connectivity index (χ4n) is 2.68. The van der Waals surface area contributed by atoms with E-state index in [-0.39, 0.29) is 5.56 Å². The quantitative estimate of drug-likeness (QED) is 0.873. The summed E-state index contributed by atoms with van der Waals surface area (Å²) in [5.41, 5.74) is 0.298. The average Bonchev–Trinajstić information content (AvgIpc) is 2.58. The molecule has 8 heteroatoms. The van der Waals surface area contributed by atoms with Crippen molar-refractivity contribution in [3.05, 3.63) is 45.4 Å². The van der Waals surface area contributed by atoms with E-state index in [0.29, 0.717) is 35.5 Å². The summed E-state index contributed by atoms with van der Waals surface area (Å²) >= 11 is 3.33. The Bertz CT molecular complexity index is 778. The number of piperidine rings is 1. The maximum Gasteiger partial charge on any atom is 0.308 e. The number of carboxylic acids is 1. The number of halogens is 1. The number of aliphatic carboxylic acids is 1. The second-order valence-corrected chi connectivity index (χ2v) is 6.17. The van der Waals surface area contributed by atoms with E-state index in [4.69, 9.17) is 0 Å². The Morgan fingerprint density at radius 1 is 1.39 bits per heavy atom. The van der Waals surface area contributed by atoms with Crippen molar-refractivity contribution >= 4 is 27.6 Å². The first-order valence-electron chi connectivity index (χ1n) is 7.25. The molecule has 0 spiro atoms. The Morgan fingerprint density at radius 3 is 2.91 bits per heavy atom. The van der Waals surface area contributed by atoms with Crippen molar-refractivity contribution in [2.24, 2.45) is 5.92 Å². The Hall–Kier alpha value is -2.22. The van der Waals surface area contributed by atoms with E-state index in [2.05, 4.69) is 26.0 Å². The van der Waals surface area contributed by atoms with Gasteiger partial charge in [0.1, 0.15) is 4.47 Å². The number of rotatable bonds is 3. The molecule has 2 aromatic heterocycles. The van der Waals surface area contributed by atoms with Crippen LogP contribution < -0.4 is 10.5 Å². The summed E-state index contributed by atoms with van der Waals surface area (Å²) in [5, 5.41) is 13.4. The van der Waals surface area contributed by atoms with Crippen LogP contribution in [0.4, 0.5) is 5.69 Å². The van der Waals surface area contributed by atoms with Gasteiger partial charge in [0.15, 0.2) is 5.82 Å². The highest BCUT2D eigenvalue weighted by atomic mass is 79.9. The van der Waals surface area contributed by atoms with E-state index < -0.39 is 11.9 Å². The van der Waals surface area contributed by atoms with Crippen LogP contribution in [-0.4, -0.2) is 38.9 Å². The molecule has 1 fully saturated rings. The Labute approximate surface area is 140 Å². The van der Waals surface area contributed by atoms with Crippen LogP contribution in [0.1, 0.15) is 12.8 Å². The van der Waals surface area contributed by atoms with Gasteiger partial charge in [-0.1, -0.05) is 6.07 Å². The van der Waals surface area contributed by atoms with Crippen LogP contribution in [0.15, 0.2) is 39.9 Å². The first-order valence-corrected chi connectivity index (χ1v) is 8.04. The summed E-state index contributed by atoms with van der Waals surface area (Å²) in [6.45, 7) is 1.08. The van der Waals surface area contributed by atoms with Crippen LogP contribution in [0, 0.1) is 5.92 Å². The molecule has 1 N–H and O–H groups in total. The third-order valence-electron chi connectivity index (χ3n) is 3.88. The molecule has 0 amide bonds. The van der Waals surface area contributed by atoms with Crippen LogP contribution in [0.2, 0.25) is 0 Å². The zero-order valence-electron chi connectivity index (χ0n) is 12.2. The largest absolute Gasteiger partial charge is 0.481 e. The number of hydrogen-bond donors (Lipinski definition) is 1. The highest BCUT2D eigenvalue weighted by Gasteiger charge is 2.27. The van der Waals surface area contributed by atoms with Gasteiger partial charge in [-0.2, -0.15) is 9.78 Å². The van der Waals surface area contributed by atoms with Crippen molar-refractivity contribution in [2.75, 3.05) is 18.0 Å². The molecule has 1 aliphatic heterocycles. The summed E-state index contributed by atoms with van der Waals surface area (Å²) in [6.07, 6.45) is 4.59. The number of anilines is 1. The Morgan fingerprint density at radius 2 is 2.22 bits per heavy atom. The Kier molecular flexibility index (Phi) is 4.42. The van der Waals surface area contributed by atoms with Gasteiger partial charge in [0.25, 0.3) is 5.56 Å². The smallest absolute Gasteiger partial charge is 0.308 e. The first kappa shape index (κ1) is 15.7. The normalized spacial score (nSPS) is 18.0. The van der Waals surface area contributed by atoms with Crippen molar-refractivity contribution in [1.82, 2.24) is 14.8 Å². The van der Waals surface area contributed by atoms with Gasteiger partial charge in [-0.15, -0.1) is 0 Å². The fourth-order valence-corrected chi connectivity index (χ4v) is 3.21. The van der Waals surface area contributed by atoms with Gasteiger partial charge < -0.3 is 10.0 Å². The van der Waals surface area contributed by atoms with Crippen LogP contribution in [0.3, 0.4) is 0 Å². The number of nitrogens with zero attached hydrogens (tertiary/aromatic N) is 4. The summed E-state index contributed by atoms with van der Waals surface area (Å²) in [6, 6.07) is 5.24. The lowest BCUT2D eigenvalue weighted by molar-refractivity contribution is -0.141. The summed E-state index contributed by atoms with van der Waals surface area (Å²) in [5.74, 6) is -0.790. The highest BCUT2D eigenvalue weighted by molar-refractivity contribution is 9.10. The van der Waals surface area contributed by atoms with Gasteiger partial charge in [-0.25, -0.2) is 4.98 Å². The van der Waals surface area contributed by atoms with Crippen molar-refractivity contribution in [3.63, 3.8) is 0 Å². The molecule has 1 atom stereocenters. The minimum Gasteiger partial charge on any atom is -0.481 e. The third kappa shape index (κ3) is 3.12. The van der Waals surface area contributed by atoms with Crippen molar-refractivity contribution in [1.29, 1.82) is 0 Å². The zero-order chi connectivity index (χ0) is 16.4. The fraction of sp³-hybridized carbons (Fsp3) is 0.333. The molecule has 120 valence electrons. The highest BCUT2D eigenvalue weighted by Crippen LogP contribution is 2.27. The molecule has 3 heterocycles. The lowest BCUT2D eigenvalue weighted by Gasteiger charge is -2.32. The molecule has 3 rings (SSSR count). The van der Waals surface area contributed by atoms with E-state index >= 15 is 0 Å². The predicted molar refractivity (Wildman–Crippen MR) is 87.9 cm³/mol. The summed E-state index contributed by atoms with van der Waals surface area (Å²) < 4.78 is 1.58. The maximum atomic E-state index is 12.5. The standard InChI is InChI=1S/C15H15BrN4O3/c16-13-11(19-7-3-4-10(9-19)15(22)23)8-18-20(14(13)21)12-5-1-2-6-17-12/h1-2,5-6,8,10H,3-4,7,9H2,(H,22,23). The molecule has 0 aliphatic carbocycles. The Balaban J connectivity index is 1.95. The topological polar surface area (TPSA) is 88.3 Å². The van der Waals surface area contributed by atoms with Gasteiger partial charge in [0, 0.05) is 19.3 Å². The van der Waals surface area contributed by atoms with Gasteiger partial charge >= 0.3 is 5.97 Å². The van der Waals surface area contributed by atoms with Gasteiger partial charge in [-0.05, 0) is 40.9 Å². The molecule has 1 unspecified atom stereocenters. The second kappa shape index (κ2) is 6.49. The number of aromatic nitrogens is 3. The molecular formula is C15H15BrN4O3. The lowest BCUT2D eigenvalue weighted by atomic mass is 9.98. The van der Waals surface area contributed by atoms with E-state index in [9.17, 15) is 14.7 Å². The molecular weight excluding hydrogens is 364 g/mol. The molecule has 0 aromatic carbocycles. The maximum absolute atomic E-state index is 12.5. The molecule has 0 saturated carbocycles. The molecule has 0 radical (unpaired) electrons. The first-order chi connectivity index (χ1) is 11.1. The van der Waals surface area contributed by atoms with E-state index in [0.717, 1.165) is 6.42 Å². The summed E-state index contributed by atoms with van der Waals surface area (Å²) in [4.78, 5) is 29.7. The molecule has 0 bridgehead atoms. The predicted octanol–water partition coefficient (Wildman–Crippen LogP) is 1.69. The number of carboxylic acid groups (broad SMARTS) is 1. The molecule has 7 nitrogen and oxygen atoms in total. The van der Waals surface area contributed by atoms with E-state index in [1.807, 2.05) is 4.90 Å². The number of pyridine rings is 1. The van der Waals surface area contributed by atoms with Crippen LogP contribution in [-0.2, 0) is 4.79 Å². The van der Waals surface area contributed by atoms with Crippen molar-refractivity contribution in [3.8, 4) is 5.82 Å². The zero-order valence-corrected chi connectivity index (χ0v) is 13.8. The molecule has 23 heavy (non-hydrogen) atoms. The lowest BCUT2D eigenvalue weighted by Crippen LogP contribution is -2.40.